The molecule has 82 valence electrons. The SMILES string of the molecule is NC(C(=O)O)C(O)c1cc(Br)ccc1Cl. The van der Waals surface area contributed by atoms with E-state index in [4.69, 9.17) is 22.4 Å². The molecule has 0 saturated carbocycles. The average molecular weight is 295 g/mol. The molecule has 1 aromatic rings. The van der Waals surface area contributed by atoms with Gasteiger partial charge in [0.1, 0.15) is 12.1 Å². The van der Waals surface area contributed by atoms with Crippen LogP contribution in [-0.2, 0) is 4.79 Å². The van der Waals surface area contributed by atoms with Gasteiger partial charge in [-0.2, -0.15) is 0 Å². The number of carboxylic acids is 1. The van der Waals surface area contributed by atoms with Crippen molar-refractivity contribution in [3.8, 4) is 0 Å². The first-order valence-electron chi connectivity index (χ1n) is 4.05. The standard InChI is InChI=1S/C9H9BrClNO3/c10-4-1-2-6(11)5(3-4)8(13)7(12)9(14)15/h1-3,7-8,13H,12H2,(H,14,15). The van der Waals surface area contributed by atoms with E-state index in [1.54, 1.807) is 12.1 Å². The Balaban J connectivity index is 3.04. The maximum absolute atomic E-state index is 10.6. The Bertz CT molecular complexity index is 386. The van der Waals surface area contributed by atoms with E-state index in [2.05, 4.69) is 15.9 Å². The van der Waals surface area contributed by atoms with E-state index in [1.165, 1.54) is 6.07 Å². The van der Waals surface area contributed by atoms with Crippen molar-refractivity contribution >= 4 is 33.5 Å². The van der Waals surface area contributed by atoms with E-state index < -0.39 is 18.1 Å². The third-order valence-corrected chi connectivity index (χ3v) is 2.74. The van der Waals surface area contributed by atoms with Gasteiger partial charge in [-0.1, -0.05) is 27.5 Å². The van der Waals surface area contributed by atoms with Gasteiger partial charge >= 0.3 is 5.97 Å². The fourth-order valence-corrected chi connectivity index (χ4v) is 1.68. The minimum atomic E-state index is -1.39. The maximum Gasteiger partial charge on any atom is 0.323 e. The monoisotopic (exact) mass is 293 g/mol. The Hall–Kier alpha value is -0.620. The van der Waals surface area contributed by atoms with Crippen LogP contribution in [0.5, 0.6) is 0 Å². The Kier molecular flexibility index (Phi) is 4.10. The number of aliphatic hydroxyl groups excluding tert-OH is 1. The highest BCUT2D eigenvalue weighted by molar-refractivity contribution is 9.10. The minimum Gasteiger partial charge on any atom is -0.480 e. The normalized spacial score (nSPS) is 14.7. The molecule has 4 N–H and O–H groups in total. The van der Waals surface area contributed by atoms with Crippen LogP contribution in [0.15, 0.2) is 22.7 Å². The predicted molar refractivity (Wildman–Crippen MR) is 59.7 cm³/mol. The van der Waals surface area contributed by atoms with Gasteiger partial charge in [0.25, 0.3) is 0 Å². The smallest absolute Gasteiger partial charge is 0.323 e. The fourth-order valence-electron chi connectivity index (χ4n) is 1.07. The molecule has 0 bridgehead atoms. The molecule has 0 aromatic heterocycles. The van der Waals surface area contributed by atoms with Crippen molar-refractivity contribution in [2.24, 2.45) is 5.73 Å². The molecular weight excluding hydrogens is 285 g/mol. The first-order valence-corrected chi connectivity index (χ1v) is 5.22. The summed E-state index contributed by atoms with van der Waals surface area (Å²) in [4.78, 5) is 10.6. The van der Waals surface area contributed by atoms with Crippen molar-refractivity contribution in [3.63, 3.8) is 0 Å². The summed E-state index contributed by atoms with van der Waals surface area (Å²) in [7, 11) is 0. The van der Waals surface area contributed by atoms with Gasteiger partial charge < -0.3 is 15.9 Å². The van der Waals surface area contributed by atoms with E-state index in [9.17, 15) is 9.90 Å². The summed E-state index contributed by atoms with van der Waals surface area (Å²) in [5.74, 6) is -1.28. The van der Waals surface area contributed by atoms with Crippen LogP contribution in [0, 0.1) is 0 Å². The molecule has 0 saturated heterocycles. The number of halogens is 2. The van der Waals surface area contributed by atoms with Gasteiger partial charge in [-0.15, -0.1) is 0 Å². The third-order valence-electron chi connectivity index (χ3n) is 1.90. The van der Waals surface area contributed by atoms with Gasteiger partial charge in [0, 0.05) is 15.1 Å². The van der Waals surface area contributed by atoms with Gasteiger partial charge in [0.2, 0.25) is 0 Å². The molecule has 6 heteroatoms. The molecule has 2 unspecified atom stereocenters. The summed E-state index contributed by atoms with van der Waals surface area (Å²) < 4.78 is 0.693. The second-order valence-corrected chi connectivity index (χ2v) is 4.30. The van der Waals surface area contributed by atoms with Crippen LogP contribution in [0.3, 0.4) is 0 Å². The molecule has 0 amide bonds. The summed E-state index contributed by atoms with van der Waals surface area (Å²) in [5, 5.41) is 18.6. The number of benzene rings is 1. The molecule has 0 fully saturated rings. The number of aliphatic carboxylic acids is 1. The maximum atomic E-state index is 10.6. The summed E-state index contributed by atoms with van der Waals surface area (Å²) in [6.45, 7) is 0. The largest absolute Gasteiger partial charge is 0.480 e. The molecule has 0 aliphatic carbocycles. The van der Waals surface area contributed by atoms with Crippen LogP contribution >= 0.6 is 27.5 Å². The van der Waals surface area contributed by atoms with Crippen LogP contribution in [0.25, 0.3) is 0 Å². The number of aliphatic hydroxyl groups is 1. The lowest BCUT2D eigenvalue weighted by Gasteiger charge is -2.16. The second kappa shape index (κ2) is 4.94. The molecule has 1 rings (SSSR count). The van der Waals surface area contributed by atoms with Crippen molar-refractivity contribution < 1.29 is 15.0 Å². The van der Waals surface area contributed by atoms with E-state index >= 15 is 0 Å². The van der Waals surface area contributed by atoms with E-state index in [1.807, 2.05) is 0 Å². The highest BCUT2D eigenvalue weighted by Gasteiger charge is 2.25. The Morgan fingerprint density at radius 2 is 2.13 bits per heavy atom. The lowest BCUT2D eigenvalue weighted by Crippen LogP contribution is -2.36. The summed E-state index contributed by atoms with van der Waals surface area (Å²) in [6.07, 6.45) is -1.33. The quantitative estimate of drug-likeness (QED) is 0.790. The van der Waals surface area contributed by atoms with E-state index in [0.717, 1.165) is 0 Å². The number of rotatable bonds is 3. The van der Waals surface area contributed by atoms with Gasteiger partial charge in [-0.25, -0.2) is 0 Å². The zero-order valence-corrected chi connectivity index (χ0v) is 9.86. The van der Waals surface area contributed by atoms with Crippen LogP contribution in [0.1, 0.15) is 11.7 Å². The number of hydrogen-bond donors (Lipinski definition) is 3. The number of hydrogen-bond acceptors (Lipinski definition) is 3. The number of carboxylic acid groups (broad SMARTS) is 1. The molecule has 0 heterocycles. The molecule has 4 nitrogen and oxygen atoms in total. The lowest BCUT2D eigenvalue weighted by molar-refractivity contribution is -0.141. The van der Waals surface area contributed by atoms with Gasteiger partial charge in [-0.3, -0.25) is 4.79 Å². The first kappa shape index (κ1) is 12.4. The zero-order valence-electron chi connectivity index (χ0n) is 7.52. The molecule has 2 atom stereocenters. The van der Waals surface area contributed by atoms with Crippen LogP contribution < -0.4 is 5.73 Å². The second-order valence-electron chi connectivity index (χ2n) is 2.97. The summed E-state index contributed by atoms with van der Waals surface area (Å²) >= 11 is 9.00. The molecular formula is C9H9BrClNO3. The third kappa shape index (κ3) is 2.92. The Morgan fingerprint density at radius 1 is 1.53 bits per heavy atom. The number of carbonyl (C=O) groups is 1. The molecule has 0 radical (unpaired) electrons. The van der Waals surface area contributed by atoms with Crippen LogP contribution in [0.4, 0.5) is 0 Å². The molecule has 0 aliphatic rings. The Morgan fingerprint density at radius 3 is 2.67 bits per heavy atom. The summed E-state index contributed by atoms with van der Waals surface area (Å²) in [6, 6.07) is 3.39. The van der Waals surface area contributed by atoms with Gasteiger partial charge in [-0.05, 0) is 18.2 Å². The first-order chi connectivity index (χ1) is 6.93. The lowest BCUT2D eigenvalue weighted by atomic mass is 10.0. The van der Waals surface area contributed by atoms with E-state index in [0.29, 0.717) is 10.0 Å². The Labute approximate surface area is 99.8 Å². The predicted octanol–water partition coefficient (Wildman–Crippen LogP) is 1.55. The average Bonchev–Trinajstić information content (AvgIpc) is 2.19. The van der Waals surface area contributed by atoms with Crippen molar-refractivity contribution in [3.05, 3.63) is 33.3 Å². The highest BCUT2D eigenvalue weighted by atomic mass is 79.9. The van der Waals surface area contributed by atoms with Crippen molar-refractivity contribution in [1.29, 1.82) is 0 Å². The van der Waals surface area contributed by atoms with Crippen molar-refractivity contribution in [2.75, 3.05) is 0 Å². The van der Waals surface area contributed by atoms with Crippen LogP contribution in [0.2, 0.25) is 5.02 Å². The van der Waals surface area contributed by atoms with E-state index in [-0.39, 0.29) is 5.02 Å². The van der Waals surface area contributed by atoms with Crippen molar-refractivity contribution in [2.45, 2.75) is 12.1 Å². The highest BCUT2D eigenvalue weighted by Crippen LogP contribution is 2.27. The van der Waals surface area contributed by atoms with Gasteiger partial charge in [0.05, 0.1) is 0 Å². The fraction of sp³-hybridized carbons (Fsp3) is 0.222. The topological polar surface area (TPSA) is 83.6 Å². The van der Waals surface area contributed by atoms with Crippen molar-refractivity contribution in [1.82, 2.24) is 0 Å². The molecule has 0 spiro atoms. The van der Waals surface area contributed by atoms with Gasteiger partial charge in [0.15, 0.2) is 0 Å². The minimum absolute atomic E-state index is 0.280. The van der Waals surface area contributed by atoms with Crippen LogP contribution in [-0.4, -0.2) is 22.2 Å². The molecule has 1 aromatic carbocycles. The zero-order chi connectivity index (χ0) is 11.6. The molecule has 0 aliphatic heterocycles. The number of nitrogens with two attached hydrogens (primary N) is 1. The summed E-state index contributed by atoms with van der Waals surface area (Å²) in [5.41, 5.74) is 5.58. The molecule has 15 heavy (non-hydrogen) atoms.